The lowest BCUT2D eigenvalue weighted by atomic mass is 9.55. The molecule has 0 bridgehead atoms. The first-order valence-electron chi connectivity index (χ1n) is 24.6. The van der Waals surface area contributed by atoms with Crippen LogP contribution in [-0.4, -0.2) is 116 Å². The Labute approximate surface area is 401 Å². The summed E-state index contributed by atoms with van der Waals surface area (Å²) in [5.41, 5.74) is 5.79. The average molecular weight is 941 g/mol. The van der Waals surface area contributed by atoms with Gasteiger partial charge in [-0.15, -0.1) is 6.58 Å². The molecule has 2 aliphatic heterocycles. The molecule has 14 nitrogen and oxygen atoms in total. The summed E-state index contributed by atoms with van der Waals surface area (Å²) >= 11 is 0. The molecule has 14 heteroatoms. The number of aryl methyl sites for hydroxylation is 2. The second-order valence-corrected chi connectivity index (χ2v) is 18.2. The first-order valence-corrected chi connectivity index (χ1v) is 24.6. The summed E-state index contributed by atoms with van der Waals surface area (Å²) in [4.78, 5) is 22.7. The first-order chi connectivity index (χ1) is 33.3. The minimum atomic E-state index is -1.51. The number of carbonyl (C=O) groups is 1. The van der Waals surface area contributed by atoms with Crippen molar-refractivity contribution in [3.63, 3.8) is 0 Å². The van der Waals surface area contributed by atoms with Crippen molar-refractivity contribution in [2.45, 2.75) is 109 Å². The molecule has 1 saturated heterocycles. The van der Waals surface area contributed by atoms with Crippen LogP contribution >= 0.6 is 0 Å². The standard InChI is InChI=1S/C54H72N2O12/c1-4-27-65-54-49(56(23-29-61-30-26-59)53(60)64-32-31-62-37-40-14-6-5-7-15-40)36-47(55-68-50-18-10-13-28-63-50)45-34-41(16-8-11-24-57)44(17-9-12-25-58)51(52(45)54)46-35-43(21-22-48(46)67-54)66-42-20-19-38(2)39(3)33-42/h4-7,14-15,19-22,33-35,41,44,49-52,57-59H,1,8-13,16-18,23-32,36-37H2,2-3H3/t41-,44+,49-,50?,51+,52+,54+/m0/s1. The third-order valence-electron chi connectivity index (χ3n) is 13.7. The number of amides is 1. The number of benzene rings is 3. The van der Waals surface area contributed by atoms with Crippen molar-refractivity contribution in [2.24, 2.45) is 22.9 Å². The minimum Gasteiger partial charge on any atom is -0.459 e. The molecule has 7 atom stereocenters. The van der Waals surface area contributed by atoms with Crippen LogP contribution in [-0.2, 0) is 35.1 Å². The quantitative estimate of drug-likeness (QED) is 0.0398. The van der Waals surface area contributed by atoms with E-state index in [0.29, 0.717) is 49.7 Å². The van der Waals surface area contributed by atoms with Gasteiger partial charge in [0.25, 0.3) is 0 Å². The van der Waals surface area contributed by atoms with E-state index in [1.807, 2.05) is 54.6 Å². The molecule has 68 heavy (non-hydrogen) atoms. The van der Waals surface area contributed by atoms with E-state index >= 15 is 0 Å². The summed E-state index contributed by atoms with van der Waals surface area (Å²) in [6, 6.07) is 20.9. The van der Waals surface area contributed by atoms with Crippen molar-refractivity contribution in [2.75, 3.05) is 66.0 Å². The number of fused-ring (bicyclic) bond motifs is 2. The normalized spacial score (nSPS) is 24.5. The van der Waals surface area contributed by atoms with Crippen LogP contribution in [0.25, 0.3) is 0 Å². The van der Waals surface area contributed by atoms with Crippen LogP contribution in [0, 0.1) is 31.6 Å². The van der Waals surface area contributed by atoms with Crippen molar-refractivity contribution >= 4 is 11.8 Å². The number of rotatable bonds is 26. The van der Waals surface area contributed by atoms with Gasteiger partial charge in [-0.25, -0.2) is 4.79 Å². The van der Waals surface area contributed by atoms with E-state index in [9.17, 15) is 20.1 Å². The maximum Gasteiger partial charge on any atom is 0.410 e. The van der Waals surface area contributed by atoms with Gasteiger partial charge >= 0.3 is 6.09 Å². The maximum atomic E-state index is 14.8. The second kappa shape index (κ2) is 25.7. The predicted molar refractivity (Wildman–Crippen MR) is 258 cm³/mol. The molecule has 370 valence electrons. The van der Waals surface area contributed by atoms with Gasteiger partial charge in [0, 0.05) is 44.1 Å². The van der Waals surface area contributed by atoms with Crippen LogP contribution in [0.5, 0.6) is 17.2 Å². The number of allylic oxidation sites excluding steroid dienone is 1. The molecule has 1 saturated carbocycles. The zero-order chi connectivity index (χ0) is 47.7. The number of carbonyl (C=O) groups excluding carboxylic acids is 1. The number of ether oxygens (including phenoxy) is 7. The zero-order valence-electron chi connectivity index (χ0n) is 39.9. The lowest BCUT2D eigenvalue weighted by Crippen LogP contribution is -2.70. The van der Waals surface area contributed by atoms with Gasteiger partial charge in [0.05, 0.1) is 57.9 Å². The smallest absolute Gasteiger partial charge is 0.410 e. The Bertz CT molecular complexity index is 2130. The van der Waals surface area contributed by atoms with E-state index in [4.69, 9.17) is 43.2 Å². The molecule has 2 fully saturated rings. The summed E-state index contributed by atoms with van der Waals surface area (Å²) in [5.74, 6) is -0.303. The average Bonchev–Trinajstić information content (AvgIpc) is 3.35. The van der Waals surface area contributed by atoms with Crippen LogP contribution in [0.1, 0.15) is 92.4 Å². The fraction of sp³-hybridized carbons (Fsp3) is 0.556. The highest BCUT2D eigenvalue weighted by Gasteiger charge is 2.65. The summed E-state index contributed by atoms with van der Waals surface area (Å²) in [5, 5.41) is 34.7. The van der Waals surface area contributed by atoms with E-state index in [-0.39, 0.29) is 83.6 Å². The highest BCUT2D eigenvalue weighted by Crippen LogP contribution is 2.62. The van der Waals surface area contributed by atoms with Crippen LogP contribution in [0.2, 0.25) is 0 Å². The Morgan fingerprint density at radius 3 is 2.43 bits per heavy atom. The summed E-state index contributed by atoms with van der Waals surface area (Å²) < 4.78 is 44.9. The van der Waals surface area contributed by atoms with Crippen molar-refractivity contribution in [1.29, 1.82) is 0 Å². The lowest BCUT2D eigenvalue weighted by Gasteiger charge is -2.59. The largest absolute Gasteiger partial charge is 0.459 e. The van der Waals surface area contributed by atoms with Gasteiger partial charge in [0.15, 0.2) is 0 Å². The predicted octanol–water partition coefficient (Wildman–Crippen LogP) is 8.92. The van der Waals surface area contributed by atoms with Crippen LogP contribution in [0.3, 0.4) is 0 Å². The Kier molecular flexibility index (Phi) is 19.3. The second-order valence-electron chi connectivity index (χ2n) is 18.2. The van der Waals surface area contributed by atoms with Crippen molar-refractivity contribution in [1.82, 2.24) is 4.90 Å². The van der Waals surface area contributed by atoms with E-state index < -0.39 is 30.1 Å². The van der Waals surface area contributed by atoms with Gasteiger partial charge in [0.2, 0.25) is 12.1 Å². The van der Waals surface area contributed by atoms with Gasteiger partial charge in [-0.3, -0.25) is 4.90 Å². The molecule has 0 radical (unpaired) electrons. The molecule has 0 spiro atoms. The molecule has 2 aliphatic carbocycles. The van der Waals surface area contributed by atoms with Crippen LogP contribution in [0.4, 0.5) is 4.79 Å². The Morgan fingerprint density at radius 1 is 0.882 bits per heavy atom. The third kappa shape index (κ3) is 12.7. The SMILES string of the molecule is C=CCO[C@@]12Oc3ccc(Oc4ccc(C)c(C)c4)cc3[C@H]3[C@H](CCCCO)[C@@H](CCCCO)C=C(C(=NOC4CCCCO4)C[C@@H]1N(CCOCCO)C(=O)OCCOCc1ccccc1)[C@H]32. The molecule has 3 aromatic rings. The molecule has 2 heterocycles. The van der Waals surface area contributed by atoms with Gasteiger partial charge in [-0.05, 0) is 117 Å². The highest BCUT2D eigenvalue weighted by atomic mass is 16.8. The van der Waals surface area contributed by atoms with Crippen molar-refractivity contribution in [3.05, 3.63) is 113 Å². The molecule has 7 rings (SSSR count). The number of hydrogen-bond donors (Lipinski definition) is 3. The van der Waals surface area contributed by atoms with Gasteiger partial charge < -0.3 is 53.3 Å². The van der Waals surface area contributed by atoms with E-state index in [0.717, 1.165) is 66.5 Å². The summed E-state index contributed by atoms with van der Waals surface area (Å²) in [7, 11) is 0. The Hall–Kier alpha value is -4.80. The van der Waals surface area contributed by atoms with Crippen molar-refractivity contribution in [3.8, 4) is 17.2 Å². The number of unbranched alkanes of at least 4 members (excludes halogenated alkanes) is 2. The molecular weight excluding hydrogens is 869 g/mol. The zero-order valence-corrected chi connectivity index (χ0v) is 39.9. The molecule has 1 amide bonds. The number of nitrogens with zero attached hydrogens (tertiary/aromatic N) is 2. The van der Waals surface area contributed by atoms with Gasteiger partial charge in [0.1, 0.15) is 29.9 Å². The fourth-order valence-corrected chi connectivity index (χ4v) is 10.3. The topological polar surface area (TPSA) is 167 Å². The molecular formula is C54H72N2O12. The maximum absolute atomic E-state index is 14.8. The Morgan fingerprint density at radius 2 is 1.68 bits per heavy atom. The number of aliphatic hydroxyl groups is 3. The molecule has 1 unspecified atom stereocenters. The summed E-state index contributed by atoms with van der Waals surface area (Å²) in [6.07, 6.45) is 10.1. The van der Waals surface area contributed by atoms with E-state index in [2.05, 4.69) is 38.6 Å². The molecule has 3 N–H and O–H groups in total. The number of oxime groups is 1. The fourth-order valence-electron chi connectivity index (χ4n) is 10.3. The third-order valence-corrected chi connectivity index (χ3v) is 13.7. The first kappa shape index (κ1) is 51.1. The number of hydrogen-bond acceptors (Lipinski definition) is 13. The molecule has 3 aromatic carbocycles. The minimum absolute atomic E-state index is 0.0113. The molecule has 0 aromatic heterocycles. The monoisotopic (exact) mass is 941 g/mol. The van der Waals surface area contributed by atoms with Crippen molar-refractivity contribution < 1.29 is 58.1 Å². The van der Waals surface area contributed by atoms with Gasteiger partial charge in [-0.2, -0.15) is 0 Å². The summed E-state index contributed by atoms with van der Waals surface area (Å²) in [6.45, 7) is 9.63. The lowest BCUT2D eigenvalue weighted by molar-refractivity contribution is -0.256. The Balaban J connectivity index is 1.36. The molecule has 4 aliphatic rings. The van der Waals surface area contributed by atoms with E-state index in [1.165, 1.54) is 5.56 Å². The highest BCUT2D eigenvalue weighted by molar-refractivity contribution is 6.03. The number of aliphatic hydroxyl groups excluding tert-OH is 3. The van der Waals surface area contributed by atoms with Gasteiger partial charge in [-0.1, -0.05) is 66.5 Å². The van der Waals surface area contributed by atoms with Crippen LogP contribution in [0.15, 0.2) is 96.2 Å². The van der Waals surface area contributed by atoms with E-state index in [1.54, 1.807) is 11.0 Å². The van der Waals surface area contributed by atoms with Crippen LogP contribution < -0.4 is 9.47 Å².